The third-order valence-corrected chi connectivity index (χ3v) is 2.34. The Morgan fingerprint density at radius 1 is 1.43 bits per heavy atom. The van der Waals surface area contributed by atoms with Crippen molar-refractivity contribution < 1.29 is 18.3 Å². The number of rotatable bonds is 3. The summed E-state index contributed by atoms with van der Waals surface area (Å²) in [5.74, 6) is -0.699. The average Bonchev–Trinajstić information content (AvgIpc) is 2.16. The summed E-state index contributed by atoms with van der Waals surface area (Å²) in [5, 5.41) is 8.91. The Hall–Kier alpha value is -0.620. The van der Waals surface area contributed by atoms with Gasteiger partial charge in [0, 0.05) is 16.5 Å². The third kappa shape index (κ3) is 2.06. The molecule has 0 radical (unpaired) electrons. The molecule has 0 bridgehead atoms. The normalized spacial score (nSPS) is 11.0. The lowest BCUT2D eigenvalue weighted by atomic mass is 10.1. The average molecular weight is 270 g/mol. The van der Waals surface area contributed by atoms with Crippen LogP contribution in [0.2, 0.25) is 0 Å². The van der Waals surface area contributed by atoms with E-state index in [4.69, 9.17) is 5.11 Å². The molecule has 1 N–H and O–H groups in total. The molecule has 2 nitrogen and oxygen atoms in total. The summed E-state index contributed by atoms with van der Waals surface area (Å²) in [5.41, 5.74) is -0.682. The van der Waals surface area contributed by atoms with Crippen molar-refractivity contribution in [1.82, 2.24) is 4.98 Å². The molecule has 0 unspecified atom stereocenters. The van der Waals surface area contributed by atoms with Crippen LogP contribution < -0.4 is 0 Å². The summed E-state index contributed by atoms with van der Waals surface area (Å²) < 4.78 is 37.7. The van der Waals surface area contributed by atoms with Crippen LogP contribution >= 0.6 is 15.9 Å². The minimum atomic E-state index is -2.81. The lowest BCUT2D eigenvalue weighted by Crippen LogP contribution is -2.05. The monoisotopic (exact) mass is 269 g/mol. The van der Waals surface area contributed by atoms with Crippen LogP contribution in [0.1, 0.15) is 23.2 Å². The van der Waals surface area contributed by atoms with Crippen LogP contribution in [0, 0.1) is 5.82 Å². The molecule has 0 aromatic carbocycles. The Labute approximate surface area is 86.9 Å². The zero-order chi connectivity index (χ0) is 10.7. The van der Waals surface area contributed by atoms with E-state index in [1.807, 2.05) is 0 Å². The minimum Gasteiger partial charge on any atom is -0.392 e. The predicted molar refractivity (Wildman–Crippen MR) is 47.7 cm³/mol. The van der Waals surface area contributed by atoms with E-state index in [1.165, 1.54) is 0 Å². The molecule has 0 atom stereocenters. The molecule has 0 aliphatic rings. The quantitative estimate of drug-likeness (QED) is 0.856. The van der Waals surface area contributed by atoms with Crippen LogP contribution in [0.5, 0.6) is 0 Å². The molecule has 6 heteroatoms. The highest BCUT2D eigenvalue weighted by Crippen LogP contribution is 2.26. The van der Waals surface area contributed by atoms with Crippen molar-refractivity contribution in [2.75, 3.05) is 0 Å². The van der Waals surface area contributed by atoms with Gasteiger partial charge in [0.25, 0.3) is 6.43 Å². The van der Waals surface area contributed by atoms with Gasteiger partial charge in [-0.05, 0) is 0 Å². The molecule has 0 amide bonds. The molecule has 1 rings (SSSR count). The van der Waals surface area contributed by atoms with E-state index in [2.05, 4.69) is 20.9 Å². The fraction of sp³-hybridized carbons (Fsp3) is 0.375. The molecular formula is C8H7BrF3NO. The summed E-state index contributed by atoms with van der Waals surface area (Å²) in [4.78, 5) is 3.25. The smallest absolute Gasteiger partial charge is 0.280 e. The van der Waals surface area contributed by atoms with Crippen molar-refractivity contribution in [3.05, 3.63) is 28.8 Å². The molecule has 1 aromatic rings. The van der Waals surface area contributed by atoms with Crippen LogP contribution in [-0.4, -0.2) is 10.1 Å². The molecule has 0 fully saturated rings. The van der Waals surface area contributed by atoms with Crippen molar-refractivity contribution in [1.29, 1.82) is 0 Å². The first-order valence-electron chi connectivity index (χ1n) is 3.73. The zero-order valence-corrected chi connectivity index (χ0v) is 8.56. The second-order valence-corrected chi connectivity index (χ2v) is 3.10. The summed E-state index contributed by atoms with van der Waals surface area (Å²) in [6.07, 6.45) is -2.08. The van der Waals surface area contributed by atoms with Gasteiger partial charge in [-0.15, -0.1) is 0 Å². The Morgan fingerprint density at radius 3 is 2.50 bits per heavy atom. The van der Waals surface area contributed by atoms with Gasteiger partial charge >= 0.3 is 0 Å². The first kappa shape index (κ1) is 11.5. The Balaban J connectivity index is 3.33. The maximum atomic E-state index is 13.0. The maximum absolute atomic E-state index is 13.0. The van der Waals surface area contributed by atoms with Crippen molar-refractivity contribution in [3.63, 3.8) is 0 Å². The van der Waals surface area contributed by atoms with Gasteiger partial charge in [0.05, 0.1) is 12.8 Å². The summed E-state index contributed by atoms with van der Waals surface area (Å²) in [7, 11) is 0. The summed E-state index contributed by atoms with van der Waals surface area (Å²) >= 11 is 2.96. The van der Waals surface area contributed by atoms with Gasteiger partial charge in [-0.3, -0.25) is 4.98 Å². The van der Waals surface area contributed by atoms with Gasteiger partial charge in [0.1, 0.15) is 11.5 Å². The highest BCUT2D eigenvalue weighted by molar-refractivity contribution is 9.08. The molecule has 1 heterocycles. The molecule has 0 spiro atoms. The molecule has 1 aromatic heterocycles. The number of aliphatic hydroxyl groups is 1. The molecule has 78 valence electrons. The minimum absolute atomic E-state index is 0.0257. The standard InChI is InChI=1S/C8H7BrF3NO/c9-1-4-5(3-14)7(8(11)12)13-2-6(4)10/h2,8,14H,1,3H2. The molecule has 0 saturated carbocycles. The first-order valence-corrected chi connectivity index (χ1v) is 4.85. The fourth-order valence-corrected chi connectivity index (χ4v) is 1.70. The SMILES string of the molecule is OCc1c(C(F)F)ncc(F)c1CBr. The van der Waals surface area contributed by atoms with E-state index < -0.39 is 24.5 Å². The topological polar surface area (TPSA) is 33.1 Å². The highest BCUT2D eigenvalue weighted by Gasteiger charge is 2.19. The molecule has 14 heavy (non-hydrogen) atoms. The van der Waals surface area contributed by atoms with Crippen molar-refractivity contribution in [2.45, 2.75) is 18.4 Å². The fourth-order valence-electron chi connectivity index (χ4n) is 1.09. The lowest BCUT2D eigenvalue weighted by molar-refractivity contribution is 0.141. The number of pyridine rings is 1. The second kappa shape index (κ2) is 4.75. The van der Waals surface area contributed by atoms with Crippen molar-refractivity contribution >= 4 is 15.9 Å². The highest BCUT2D eigenvalue weighted by atomic mass is 79.9. The van der Waals surface area contributed by atoms with Gasteiger partial charge in [0.2, 0.25) is 0 Å². The van der Waals surface area contributed by atoms with Crippen molar-refractivity contribution in [2.24, 2.45) is 0 Å². The van der Waals surface area contributed by atoms with Gasteiger partial charge in [-0.25, -0.2) is 13.2 Å². The van der Waals surface area contributed by atoms with E-state index in [0.29, 0.717) is 0 Å². The van der Waals surface area contributed by atoms with Crippen LogP contribution in [0.15, 0.2) is 6.20 Å². The summed E-state index contributed by atoms with van der Waals surface area (Å²) in [6.45, 7) is -0.647. The van der Waals surface area contributed by atoms with Gasteiger partial charge in [-0.2, -0.15) is 0 Å². The Morgan fingerprint density at radius 2 is 2.07 bits per heavy atom. The van der Waals surface area contributed by atoms with Crippen LogP contribution in [0.25, 0.3) is 0 Å². The number of aliphatic hydroxyl groups excluding tert-OH is 1. The van der Waals surface area contributed by atoms with Gasteiger partial charge in [-0.1, -0.05) is 15.9 Å². The van der Waals surface area contributed by atoms with Gasteiger partial charge < -0.3 is 5.11 Å². The van der Waals surface area contributed by atoms with Crippen LogP contribution in [0.4, 0.5) is 13.2 Å². The van der Waals surface area contributed by atoms with E-state index in [1.54, 1.807) is 0 Å². The molecule has 0 saturated heterocycles. The van der Waals surface area contributed by atoms with Crippen LogP contribution in [-0.2, 0) is 11.9 Å². The van der Waals surface area contributed by atoms with E-state index in [9.17, 15) is 13.2 Å². The predicted octanol–water partition coefficient (Wildman–Crippen LogP) is 2.55. The van der Waals surface area contributed by atoms with Crippen LogP contribution in [0.3, 0.4) is 0 Å². The number of halogens is 4. The number of hydrogen-bond acceptors (Lipinski definition) is 2. The third-order valence-electron chi connectivity index (χ3n) is 1.78. The molecule has 0 aliphatic carbocycles. The molecular weight excluding hydrogens is 263 g/mol. The lowest BCUT2D eigenvalue weighted by Gasteiger charge is -2.10. The van der Waals surface area contributed by atoms with E-state index in [0.717, 1.165) is 6.20 Å². The Bertz CT molecular complexity index is 333. The number of hydrogen-bond donors (Lipinski definition) is 1. The first-order chi connectivity index (χ1) is 6.61. The maximum Gasteiger partial charge on any atom is 0.280 e. The van der Waals surface area contributed by atoms with Gasteiger partial charge in [0.15, 0.2) is 0 Å². The number of nitrogens with zero attached hydrogens (tertiary/aromatic N) is 1. The summed E-state index contributed by atoms with van der Waals surface area (Å²) in [6, 6.07) is 0. The largest absolute Gasteiger partial charge is 0.392 e. The zero-order valence-electron chi connectivity index (χ0n) is 6.98. The van der Waals surface area contributed by atoms with E-state index >= 15 is 0 Å². The van der Waals surface area contributed by atoms with E-state index in [-0.39, 0.29) is 16.5 Å². The van der Waals surface area contributed by atoms with Crippen molar-refractivity contribution in [3.8, 4) is 0 Å². The second-order valence-electron chi connectivity index (χ2n) is 2.54. The number of alkyl halides is 3. The number of aromatic nitrogens is 1. The molecule has 0 aliphatic heterocycles. The Kier molecular flexibility index (Phi) is 3.88.